The van der Waals surface area contributed by atoms with Crippen LogP contribution >= 0.6 is 0 Å². The third-order valence-electron chi connectivity index (χ3n) is 4.95. The van der Waals surface area contributed by atoms with Gasteiger partial charge >= 0.3 is 11.7 Å². The summed E-state index contributed by atoms with van der Waals surface area (Å²) in [5, 5.41) is 0.0229. The number of aromatic nitrogens is 3. The van der Waals surface area contributed by atoms with Gasteiger partial charge in [-0.3, -0.25) is 13.9 Å². The number of rotatable bonds is 4. The number of aryl methyl sites for hydroxylation is 1. The first-order valence-corrected chi connectivity index (χ1v) is 8.88. The molecule has 0 atom stereocenters. The summed E-state index contributed by atoms with van der Waals surface area (Å²) in [5.41, 5.74) is 0.125. The number of halogens is 1. The molecule has 0 aliphatic heterocycles. The van der Waals surface area contributed by atoms with E-state index >= 15 is 0 Å². The summed E-state index contributed by atoms with van der Waals surface area (Å²) in [7, 11) is 2.73. The van der Waals surface area contributed by atoms with Crippen LogP contribution in [0.15, 0.2) is 39.9 Å². The molecule has 0 N–H and O–H groups in total. The van der Waals surface area contributed by atoms with Crippen molar-refractivity contribution >= 4 is 17.0 Å². The van der Waals surface area contributed by atoms with Gasteiger partial charge in [-0.05, 0) is 36.6 Å². The summed E-state index contributed by atoms with van der Waals surface area (Å²) in [6.07, 6.45) is 1.90. The van der Waals surface area contributed by atoms with Crippen LogP contribution in [-0.2, 0) is 18.3 Å². The van der Waals surface area contributed by atoms with Gasteiger partial charge in [-0.15, -0.1) is 0 Å². The van der Waals surface area contributed by atoms with Crippen LogP contribution < -0.4 is 11.2 Å². The molecule has 7 nitrogen and oxygen atoms in total. The fraction of sp³-hybridized carbons (Fsp3) is 0.300. The maximum Gasteiger partial charge on any atom is 0.338 e. The fourth-order valence-corrected chi connectivity index (χ4v) is 3.31. The third-order valence-corrected chi connectivity index (χ3v) is 4.95. The molecule has 3 aromatic rings. The normalized spacial score (nSPS) is 13.7. The van der Waals surface area contributed by atoms with Crippen molar-refractivity contribution in [1.82, 2.24) is 14.1 Å². The number of methoxy groups -OCH3 is 1. The van der Waals surface area contributed by atoms with Crippen molar-refractivity contribution in [2.45, 2.75) is 25.3 Å². The Balaban J connectivity index is 2.00. The number of benzene rings is 1. The summed E-state index contributed by atoms with van der Waals surface area (Å²) >= 11 is 0. The lowest BCUT2D eigenvalue weighted by atomic mass is 10.1. The van der Waals surface area contributed by atoms with E-state index in [9.17, 15) is 18.8 Å². The highest BCUT2D eigenvalue weighted by molar-refractivity contribution is 6.02. The van der Waals surface area contributed by atoms with E-state index in [0.717, 1.165) is 17.4 Å². The van der Waals surface area contributed by atoms with Gasteiger partial charge in [-0.1, -0.05) is 12.1 Å². The zero-order valence-electron chi connectivity index (χ0n) is 15.4. The Morgan fingerprint density at radius 1 is 1.29 bits per heavy atom. The molecule has 0 unspecified atom stereocenters. The van der Waals surface area contributed by atoms with E-state index in [1.807, 2.05) is 0 Å². The average molecular weight is 383 g/mol. The first-order valence-electron chi connectivity index (χ1n) is 8.88. The van der Waals surface area contributed by atoms with E-state index in [4.69, 9.17) is 4.74 Å². The van der Waals surface area contributed by atoms with Crippen molar-refractivity contribution in [3.8, 4) is 0 Å². The molecule has 4 rings (SSSR count). The molecule has 1 aromatic carbocycles. The molecule has 0 spiro atoms. The molecule has 0 amide bonds. The average Bonchev–Trinajstić information content (AvgIpc) is 3.53. The van der Waals surface area contributed by atoms with E-state index in [1.54, 1.807) is 12.1 Å². The molecule has 2 heterocycles. The van der Waals surface area contributed by atoms with Gasteiger partial charge in [0.15, 0.2) is 0 Å². The SMILES string of the molecule is COC(=O)c1cc(C2CC2)nc2c1c(=O)n(Cc1cccc(F)c1)c(=O)n2C. The highest BCUT2D eigenvalue weighted by Crippen LogP contribution is 2.39. The standard InChI is InChI=1S/C20H18FN3O4/c1-23-17-16(14(19(26)28-2)9-15(22-17)12-6-7-12)18(25)24(20(23)27)10-11-4-3-5-13(21)8-11/h3-5,8-9,12H,6-7,10H2,1-2H3. The smallest absolute Gasteiger partial charge is 0.338 e. The Morgan fingerprint density at radius 2 is 2.04 bits per heavy atom. The van der Waals surface area contributed by atoms with Crippen molar-refractivity contribution in [3.63, 3.8) is 0 Å². The van der Waals surface area contributed by atoms with Crippen molar-refractivity contribution < 1.29 is 13.9 Å². The maximum absolute atomic E-state index is 13.5. The van der Waals surface area contributed by atoms with Crippen LogP contribution in [0, 0.1) is 5.82 Å². The molecule has 0 saturated heterocycles. The minimum Gasteiger partial charge on any atom is -0.465 e. The lowest BCUT2D eigenvalue weighted by Gasteiger charge is -2.13. The van der Waals surface area contributed by atoms with Gasteiger partial charge in [0.25, 0.3) is 5.56 Å². The topological polar surface area (TPSA) is 83.2 Å². The summed E-state index contributed by atoms with van der Waals surface area (Å²) < 4.78 is 20.6. The zero-order valence-corrected chi connectivity index (χ0v) is 15.4. The first kappa shape index (κ1) is 18.1. The van der Waals surface area contributed by atoms with Gasteiger partial charge in [-0.25, -0.2) is 19.0 Å². The lowest BCUT2D eigenvalue weighted by Crippen LogP contribution is -2.40. The van der Waals surface area contributed by atoms with Gasteiger partial charge in [0.1, 0.15) is 11.5 Å². The molecule has 1 fully saturated rings. The number of carbonyl (C=O) groups is 1. The minimum atomic E-state index is -0.664. The Kier molecular flexibility index (Phi) is 4.33. The number of ether oxygens (including phenoxy) is 1. The fourth-order valence-electron chi connectivity index (χ4n) is 3.31. The van der Waals surface area contributed by atoms with Crippen molar-refractivity contribution in [1.29, 1.82) is 0 Å². The number of hydrogen-bond acceptors (Lipinski definition) is 5. The van der Waals surface area contributed by atoms with Gasteiger partial charge < -0.3 is 4.74 Å². The first-order chi connectivity index (χ1) is 13.4. The highest BCUT2D eigenvalue weighted by atomic mass is 19.1. The summed E-state index contributed by atoms with van der Waals surface area (Å²) in [6.45, 7) is -0.121. The van der Waals surface area contributed by atoms with Gasteiger partial charge in [0, 0.05) is 18.7 Å². The van der Waals surface area contributed by atoms with E-state index in [0.29, 0.717) is 11.3 Å². The predicted octanol–water partition coefficient (Wildman–Crippen LogP) is 1.95. The Labute approximate surface area is 159 Å². The van der Waals surface area contributed by atoms with Crippen molar-refractivity contribution in [2.75, 3.05) is 7.11 Å². The maximum atomic E-state index is 13.5. The van der Waals surface area contributed by atoms with Gasteiger partial charge in [0.05, 0.1) is 24.6 Å². The Hall–Kier alpha value is -3.29. The second kappa shape index (κ2) is 6.70. The minimum absolute atomic E-state index is 0.0229. The summed E-state index contributed by atoms with van der Waals surface area (Å²) in [4.78, 5) is 42.8. The Bertz CT molecular complexity index is 1220. The molecule has 1 aliphatic carbocycles. The van der Waals surface area contributed by atoms with E-state index < -0.39 is 23.0 Å². The van der Waals surface area contributed by atoms with Crippen LogP contribution in [-0.4, -0.2) is 27.2 Å². The molecule has 1 aliphatic rings. The predicted molar refractivity (Wildman–Crippen MR) is 100 cm³/mol. The number of esters is 1. The van der Waals surface area contributed by atoms with Crippen LogP contribution in [0.3, 0.4) is 0 Å². The molecule has 144 valence electrons. The molecule has 1 saturated carbocycles. The number of pyridine rings is 1. The molecule has 0 radical (unpaired) electrons. The van der Waals surface area contributed by atoms with Gasteiger partial charge in [-0.2, -0.15) is 0 Å². The monoisotopic (exact) mass is 383 g/mol. The molecule has 2 aromatic heterocycles. The largest absolute Gasteiger partial charge is 0.465 e. The van der Waals surface area contributed by atoms with Gasteiger partial charge in [0.2, 0.25) is 0 Å². The number of carbonyl (C=O) groups excluding carboxylic acids is 1. The van der Waals surface area contributed by atoms with Crippen LogP contribution in [0.2, 0.25) is 0 Å². The van der Waals surface area contributed by atoms with E-state index in [2.05, 4.69) is 4.98 Å². The van der Waals surface area contributed by atoms with E-state index in [-0.39, 0.29) is 29.1 Å². The van der Waals surface area contributed by atoms with Crippen LogP contribution in [0.5, 0.6) is 0 Å². The number of nitrogens with zero attached hydrogens (tertiary/aromatic N) is 3. The van der Waals surface area contributed by atoms with Crippen LogP contribution in [0.4, 0.5) is 4.39 Å². The van der Waals surface area contributed by atoms with Crippen LogP contribution in [0.25, 0.3) is 11.0 Å². The molecular weight excluding hydrogens is 365 g/mol. The lowest BCUT2D eigenvalue weighted by molar-refractivity contribution is 0.0602. The quantitative estimate of drug-likeness (QED) is 0.643. The zero-order chi connectivity index (χ0) is 20.0. The molecule has 28 heavy (non-hydrogen) atoms. The van der Waals surface area contributed by atoms with E-state index in [1.165, 1.54) is 36.9 Å². The van der Waals surface area contributed by atoms with Crippen LogP contribution in [0.1, 0.15) is 40.4 Å². The highest BCUT2D eigenvalue weighted by Gasteiger charge is 2.29. The summed E-state index contributed by atoms with van der Waals surface area (Å²) in [5.74, 6) is -0.908. The molecule has 0 bridgehead atoms. The number of fused-ring (bicyclic) bond motifs is 1. The second-order valence-electron chi connectivity index (χ2n) is 6.92. The van der Waals surface area contributed by atoms with Crippen molar-refractivity contribution in [3.05, 3.63) is 73.8 Å². The molecular formula is C20H18FN3O4. The molecule has 8 heteroatoms. The Morgan fingerprint density at radius 3 is 2.68 bits per heavy atom. The van der Waals surface area contributed by atoms with Crippen molar-refractivity contribution in [2.24, 2.45) is 7.05 Å². The number of hydrogen-bond donors (Lipinski definition) is 0. The third kappa shape index (κ3) is 3.00. The summed E-state index contributed by atoms with van der Waals surface area (Å²) in [6, 6.07) is 7.23. The second-order valence-corrected chi connectivity index (χ2v) is 6.92.